The number of benzene rings is 2. The molecule has 2 aromatic rings. The number of anilines is 1. The van der Waals surface area contributed by atoms with Crippen molar-refractivity contribution in [2.45, 2.75) is 44.1 Å². The van der Waals surface area contributed by atoms with Gasteiger partial charge in [0.15, 0.2) is 0 Å². The number of carbonyl (C=O) groups is 3. The number of ether oxygens (including phenoxy) is 3. The topological polar surface area (TPSA) is 106 Å². The van der Waals surface area contributed by atoms with E-state index in [2.05, 4.69) is 10.6 Å². The zero-order valence-electron chi connectivity index (χ0n) is 20.3. The molecule has 4 rings (SSSR count). The number of fused-ring (bicyclic) bond motifs is 2. The Morgan fingerprint density at radius 2 is 1.97 bits per heavy atom. The predicted molar refractivity (Wildman–Crippen MR) is 129 cm³/mol. The SMILES string of the molecule is COCC(=O)Nc1ccc2c(c1)C(=O)N(C)[C@@H]1CC[C@@H](CC(=O)NCc3ccccc3F)O[C@H]1CO2. The first-order valence-corrected chi connectivity index (χ1v) is 11.8. The predicted octanol–water partition coefficient (Wildman–Crippen LogP) is 2.50. The Morgan fingerprint density at radius 1 is 1.17 bits per heavy atom. The Morgan fingerprint density at radius 3 is 2.75 bits per heavy atom. The zero-order chi connectivity index (χ0) is 25.7. The number of amides is 3. The first-order chi connectivity index (χ1) is 17.4. The molecule has 2 heterocycles. The lowest BCUT2D eigenvalue weighted by atomic mass is 9.94. The molecule has 1 saturated heterocycles. The number of likely N-dealkylation sites (N-methyl/N-ethyl adjacent to an activating group) is 1. The Labute approximate surface area is 208 Å². The Bertz CT molecular complexity index is 1130. The number of methoxy groups -OCH3 is 1. The van der Waals surface area contributed by atoms with E-state index in [4.69, 9.17) is 14.2 Å². The van der Waals surface area contributed by atoms with Gasteiger partial charge in [-0.3, -0.25) is 14.4 Å². The Kier molecular flexibility index (Phi) is 8.17. The Balaban J connectivity index is 1.38. The normalized spacial score (nSPS) is 21.4. The minimum atomic E-state index is -0.411. The van der Waals surface area contributed by atoms with Crippen LogP contribution in [0.4, 0.5) is 10.1 Å². The Hall–Kier alpha value is -3.50. The number of halogens is 1. The van der Waals surface area contributed by atoms with Gasteiger partial charge >= 0.3 is 0 Å². The first kappa shape index (κ1) is 25.6. The smallest absolute Gasteiger partial charge is 0.257 e. The van der Waals surface area contributed by atoms with Crippen LogP contribution in [0.5, 0.6) is 5.75 Å². The lowest BCUT2D eigenvalue weighted by Gasteiger charge is -2.42. The summed E-state index contributed by atoms with van der Waals surface area (Å²) in [7, 11) is 3.15. The highest BCUT2D eigenvalue weighted by atomic mass is 19.1. The molecule has 36 heavy (non-hydrogen) atoms. The fourth-order valence-electron chi connectivity index (χ4n) is 4.55. The van der Waals surface area contributed by atoms with E-state index in [-0.39, 0.29) is 61.9 Å². The average molecular weight is 500 g/mol. The summed E-state index contributed by atoms with van der Waals surface area (Å²) in [5.74, 6) is -0.768. The molecule has 192 valence electrons. The van der Waals surface area contributed by atoms with Crippen LogP contribution in [-0.2, 0) is 25.6 Å². The quantitative estimate of drug-likeness (QED) is 0.607. The summed E-state index contributed by atoms with van der Waals surface area (Å²) in [6, 6.07) is 11.0. The molecule has 3 atom stereocenters. The maximum atomic E-state index is 13.8. The van der Waals surface area contributed by atoms with E-state index in [1.54, 1.807) is 48.3 Å². The third kappa shape index (κ3) is 6.00. The van der Waals surface area contributed by atoms with Gasteiger partial charge in [-0.05, 0) is 37.1 Å². The third-order valence-electron chi connectivity index (χ3n) is 6.42. The van der Waals surface area contributed by atoms with Gasteiger partial charge in [-0.1, -0.05) is 18.2 Å². The molecule has 0 saturated carbocycles. The standard InChI is InChI=1S/C26H30FN3O6/c1-30-21-9-8-18(12-24(31)28-13-16-5-3-4-6-20(16)27)36-23(21)14-35-22-10-7-17(11-19(22)26(30)33)29-25(32)15-34-2/h3-7,10-11,18,21,23H,8-9,12-15H2,1-2H3,(H,28,31)(H,29,32)/t18-,21+,23-/m0/s1. The number of nitrogens with zero attached hydrogens (tertiary/aromatic N) is 1. The van der Waals surface area contributed by atoms with Crippen molar-refractivity contribution in [2.24, 2.45) is 0 Å². The van der Waals surface area contributed by atoms with Crippen molar-refractivity contribution in [3.8, 4) is 5.75 Å². The van der Waals surface area contributed by atoms with Gasteiger partial charge in [0.1, 0.15) is 30.9 Å². The molecule has 2 N–H and O–H groups in total. The van der Waals surface area contributed by atoms with Gasteiger partial charge in [0.05, 0.1) is 24.1 Å². The lowest BCUT2D eigenvalue weighted by Crippen LogP contribution is -2.53. The molecule has 9 nitrogen and oxygen atoms in total. The first-order valence-electron chi connectivity index (χ1n) is 11.8. The number of carbonyl (C=O) groups excluding carboxylic acids is 3. The minimum Gasteiger partial charge on any atom is -0.490 e. The van der Waals surface area contributed by atoms with Crippen LogP contribution in [0, 0.1) is 5.82 Å². The molecular weight excluding hydrogens is 469 g/mol. The third-order valence-corrected chi connectivity index (χ3v) is 6.42. The van der Waals surface area contributed by atoms with Crippen molar-refractivity contribution in [2.75, 3.05) is 32.7 Å². The molecule has 2 aromatic carbocycles. The van der Waals surface area contributed by atoms with Gasteiger partial charge < -0.3 is 29.7 Å². The molecular formula is C26H30FN3O6. The van der Waals surface area contributed by atoms with Crippen molar-refractivity contribution >= 4 is 23.4 Å². The summed E-state index contributed by atoms with van der Waals surface area (Å²) >= 11 is 0. The molecule has 0 radical (unpaired) electrons. The van der Waals surface area contributed by atoms with Crippen LogP contribution in [0.15, 0.2) is 42.5 Å². The van der Waals surface area contributed by atoms with E-state index in [1.165, 1.54) is 13.2 Å². The summed E-state index contributed by atoms with van der Waals surface area (Å²) in [6.45, 7) is 0.220. The van der Waals surface area contributed by atoms with Gasteiger partial charge in [0.25, 0.3) is 5.91 Å². The summed E-state index contributed by atoms with van der Waals surface area (Å²) in [4.78, 5) is 39.2. The van der Waals surface area contributed by atoms with Gasteiger partial charge in [-0.25, -0.2) is 4.39 Å². The number of nitrogens with one attached hydrogen (secondary N) is 2. The number of hydrogen-bond donors (Lipinski definition) is 2. The van der Waals surface area contributed by atoms with E-state index in [1.807, 2.05) is 0 Å². The van der Waals surface area contributed by atoms with Crippen LogP contribution in [0.2, 0.25) is 0 Å². The average Bonchev–Trinajstić information content (AvgIpc) is 2.86. The van der Waals surface area contributed by atoms with Crippen LogP contribution >= 0.6 is 0 Å². The van der Waals surface area contributed by atoms with Gasteiger partial charge in [-0.2, -0.15) is 0 Å². The summed E-state index contributed by atoms with van der Waals surface area (Å²) in [6.07, 6.45) is 0.617. The molecule has 10 heteroatoms. The summed E-state index contributed by atoms with van der Waals surface area (Å²) in [5, 5.41) is 5.44. The van der Waals surface area contributed by atoms with Crippen molar-refractivity contribution < 1.29 is 33.0 Å². The second-order valence-electron chi connectivity index (χ2n) is 8.93. The lowest BCUT2D eigenvalue weighted by molar-refractivity contribution is -0.134. The fraction of sp³-hybridized carbons (Fsp3) is 0.423. The highest BCUT2D eigenvalue weighted by molar-refractivity contribution is 6.00. The monoisotopic (exact) mass is 499 g/mol. The van der Waals surface area contributed by atoms with Crippen molar-refractivity contribution in [1.29, 1.82) is 0 Å². The van der Waals surface area contributed by atoms with Crippen molar-refractivity contribution in [3.63, 3.8) is 0 Å². The van der Waals surface area contributed by atoms with Crippen LogP contribution in [0.3, 0.4) is 0 Å². The van der Waals surface area contributed by atoms with E-state index in [0.29, 0.717) is 35.4 Å². The zero-order valence-corrected chi connectivity index (χ0v) is 20.3. The van der Waals surface area contributed by atoms with E-state index in [9.17, 15) is 18.8 Å². The molecule has 2 aliphatic heterocycles. The molecule has 0 aliphatic carbocycles. The molecule has 0 bridgehead atoms. The van der Waals surface area contributed by atoms with Crippen LogP contribution < -0.4 is 15.4 Å². The van der Waals surface area contributed by atoms with Crippen molar-refractivity contribution in [1.82, 2.24) is 10.2 Å². The highest BCUT2D eigenvalue weighted by Crippen LogP contribution is 2.32. The van der Waals surface area contributed by atoms with Gasteiger partial charge in [0, 0.05) is 32.0 Å². The van der Waals surface area contributed by atoms with Gasteiger partial charge in [0.2, 0.25) is 11.8 Å². The molecule has 0 unspecified atom stereocenters. The number of hydrogen-bond acceptors (Lipinski definition) is 6. The second-order valence-corrected chi connectivity index (χ2v) is 8.93. The molecule has 0 aromatic heterocycles. The van der Waals surface area contributed by atoms with E-state index in [0.717, 1.165) is 0 Å². The maximum Gasteiger partial charge on any atom is 0.257 e. The molecule has 0 spiro atoms. The molecule has 1 fully saturated rings. The molecule has 3 amide bonds. The largest absolute Gasteiger partial charge is 0.490 e. The summed E-state index contributed by atoms with van der Waals surface area (Å²) < 4.78 is 30.7. The summed E-state index contributed by atoms with van der Waals surface area (Å²) in [5.41, 5.74) is 1.24. The molecule has 2 aliphatic rings. The van der Waals surface area contributed by atoms with Crippen molar-refractivity contribution in [3.05, 3.63) is 59.4 Å². The van der Waals surface area contributed by atoms with Gasteiger partial charge in [-0.15, -0.1) is 0 Å². The minimum absolute atomic E-state index is 0.0924. The van der Waals surface area contributed by atoms with Crippen LogP contribution in [0.25, 0.3) is 0 Å². The van der Waals surface area contributed by atoms with E-state index < -0.39 is 6.10 Å². The maximum absolute atomic E-state index is 13.8. The van der Waals surface area contributed by atoms with Crippen LogP contribution in [0.1, 0.15) is 35.2 Å². The fourth-order valence-corrected chi connectivity index (χ4v) is 4.55. The number of rotatable bonds is 7. The van der Waals surface area contributed by atoms with Crippen LogP contribution in [-0.4, -0.2) is 68.2 Å². The second kappa shape index (κ2) is 11.5. The van der Waals surface area contributed by atoms with E-state index >= 15 is 0 Å². The highest BCUT2D eigenvalue weighted by Gasteiger charge is 2.39.